The Morgan fingerprint density at radius 1 is 1.30 bits per heavy atom. The van der Waals surface area contributed by atoms with Crippen molar-refractivity contribution in [2.75, 3.05) is 18.2 Å². The zero-order valence-corrected chi connectivity index (χ0v) is 18.4. The molecule has 0 spiro atoms. The average molecular weight is 424 g/mol. The number of nitriles is 1. The molecule has 1 atom stereocenters. The number of aryl methyl sites for hydroxylation is 1. The molecule has 156 valence electrons. The lowest BCUT2D eigenvalue weighted by Crippen LogP contribution is -2.30. The molecule has 2 heterocycles. The van der Waals surface area contributed by atoms with Gasteiger partial charge in [-0.1, -0.05) is 19.1 Å². The second-order valence-corrected chi connectivity index (χ2v) is 8.01. The van der Waals surface area contributed by atoms with E-state index in [0.717, 1.165) is 23.0 Å². The number of anilines is 1. The van der Waals surface area contributed by atoms with E-state index in [4.69, 9.17) is 9.15 Å². The maximum atomic E-state index is 13.4. The van der Waals surface area contributed by atoms with Crippen LogP contribution in [0.5, 0.6) is 5.75 Å². The Bertz CT molecular complexity index is 1050. The van der Waals surface area contributed by atoms with Gasteiger partial charge in [-0.2, -0.15) is 5.26 Å². The van der Waals surface area contributed by atoms with E-state index in [2.05, 4.69) is 23.6 Å². The molecule has 2 aromatic rings. The Kier molecular flexibility index (Phi) is 6.91. The number of allylic oxidation sites excluding steroid dienone is 2. The van der Waals surface area contributed by atoms with Crippen molar-refractivity contribution in [2.45, 2.75) is 33.1 Å². The molecule has 0 radical (unpaired) electrons. The van der Waals surface area contributed by atoms with Crippen LogP contribution >= 0.6 is 11.8 Å². The largest absolute Gasteiger partial charge is 0.495 e. The van der Waals surface area contributed by atoms with Gasteiger partial charge in [0.2, 0.25) is 0 Å². The van der Waals surface area contributed by atoms with Gasteiger partial charge in [0.1, 0.15) is 17.3 Å². The highest BCUT2D eigenvalue weighted by molar-refractivity contribution is 8.03. The van der Waals surface area contributed by atoms with Crippen LogP contribution in [0.4, 0.5) is 5.69 Å². The molecule has 6 nitrogen and oxygen atoms in total. The number of ether oxygens (including phenoxy) is 1. The molecule has 0 aliphatic carbocycles. The first-order valence-corrected chi connectivity index (χ1v) is 10.7. The van der Waals surface area contributed by atoms with Crippen molar-refractivity contribution in [1.29, 1.82) is 5.26 Å². The van der Waals surface area contributed by atoms with Gasteiger partial charge in [0.05, 0.1) is 41.0 Å². The lowest BCUT2D eigenvalue weighted by Gasteiger charge is -2.28. The number of rotatable bonds is 7. The molecule has 0 bridgehead atoms. The molecule has 1 aliphatic heterocycles. The summed E-state index contributed by atoms with van der Waals surface area (Å²) in [6.07, 6.45) is 0.975. The summed E-state index contributed by atoms with van der Waals surface area (Å²) in [6.45, 7) is 5.78. The number of carbonyl (C=O) groups is 1. The first-order valence-electron chi connectivity index (χ1n) is 9.75. The Morgan fingerprint density at radius 3 is 2.70 bits per heavy atom. The molecule has 1 aliphatic rings. The van der Waals surface area contributed by atoms with Gasteiger partial charge in [-0.3, -0.25) is 4.79 Å². The van der Waals surface area contributed by atoms with Crippen LogP contribution in [0, 0.1) is 18.3 Å². The third-order valence-corrected chi connectivity index (χ3v) is 5.97. The van der Waals surface area contributed by atoms with E-state index in [0.29, 0.717) is 34.0 Å². The number of para-hydroxylation sites is 2. The second-order valence-electron chi connectivity index (χ2n) is 6.90. The Balaban J connectivity index is 2.04. The number of amides is 1. The third-order valence-electron chi connectivity index (χ3n) is 4.74. The highest BCUT2D eigenvalue weighted by Crippen LogP contribution is 2.41. The summed E-state index contributed by atoms with van der Waals surface area (Å²) in [7, 11) is 1.56. The van der Waals surface area contributed by atoms with Gasteiger partial charge in [-0.05, 0) is 50.3 Å². The maximum Gasteiger partial charge on any atom is 0.254 e. The molecular weight excluding hydrogens is 398 g/mol. The van der Waals surface area contributed by atoms with E-state index in [1.165, 1.54) is 0 Å². The number of hydrogen-bond acceptors (Lipinski definition) is 6. The molecule has 1 aromatic heterocycles. The van der Waals surface area contributed by atoms with Gasteiger partial charge in [-0.15, -0.1) is 11.8 Å². The summed E-state index contributed by atoms with van der Waals surface area (Å²) < 4.78 is 11.2. The molecule has 0 saturated carbocycles. The number of nitrogens with one attached hydrogen (secondary N) is 2. The van der Waals surface area contributed by atoms with Gasteiger partial charge >= 0.3 is 0 Å². The zero-order valence-electron chi connectivity index (χ0n) is 17.5. The van der Waals surface area contributed by atoms with Crippen molar-refractivity contribution in [1.82, 2.24) is 5.32 Å². The monoisotopic (exact) mass is 423 g/mol. The van der Waals surface area contributed by atoms with E-state index in [9.17, 15) is 10.1 Å². The van der Waals surface area contributed by atoms with Crippen LogP contribution in [0.3, 0.4) is 0 Å². The predicted octanol–water partition coefficient (Wildman–Crippen LogP) is 5.07. The fourth-order valence-corrected chi connectivity index (χ4v) is 4.31. The van der Waals surface area contributed by atoms with E-state index in [1.54, 1.807) is 31.0 Å². The highest BCUT2D eigenvalue weighted by Gasteiger charge is 2.36. The minimum absolute atomic E-state index is 0.309. The Labute approximate surface area is 181 Å². The summed E-state index contributed by atoms with van der Waals surface area (Å²) >= 11 is 1.58. The molecule has 0 saturated heterocycles. The van der Waals surface area contributed by atoms with Gasteiger partial charge in [-0.25, -0.2) is 0 Å². The van der Waals surface area contributed by atoms with Crippen LogP contribution in [-0.2, 0) is 4.79 Å². The van der Waals surface area contributed by atoms with Crippen molar-refractivity contribution < 1.29 is 13.9 Å². The van der Waals surface area contributed by atoms with Crippen molar-refractivity contribution in [3.05, 3.63) is 69.8 Å². The van der Waals surface area contributed by atoms with Crippen LogP contribution in [0.1, 0.15) is 37.7 Å². The lowest BCUT2D eigenvalue weighted by molar-refractivity contribution is -0.113. The van der Waals surface area contributed by atoms with Crippen molar-refractivity contribution >= 4 is 23.4 Å². The Hall–Kier alpha value is -3.11. The first-order chi connectivity index (χ1) is 14.5. The Morgan fingerprint density at radius 2 is 2.07 bits per heavy atom. The van der Waals surface area contributed by atoms with Gasteiger partial charge in [0.15, 0.2) is 0 Å². The summed E-state index contributed by atoms with van der Waals surface area (Å²) in [5.74, 6) is 1.84. The van der Waals surface area contributed by atoms with Crippen LogP contribution in [0.15, 0.2) is 62.7 Å². The lowest BCUT2D eigenvalue weighted by atomic mass is 9.85. The van der Waals surface area contributed by atoms with Gasteiger partial charge < -0.3 is 19.8 Å². The number of methoxy groups -OCH3 is 1. The van der Waals surface area contributed by atoms with Crippen molar-refractivity contribution in [3.8, 4) is 11.8 Å². The fourth-order valence-electron chi connectivity index (χ4n) is 3.36. The topological polar surface area (TPSA) is 87.3 Å². The maximum absolute atomic E-state index is 13.4. The van der Waals surface area contributed by atoms with Crippen LogP contribution in [-0.4, -0.2) is 18.8 Å². The zero-order chi connectivity index (χ0) is 21.7. The van der Waals surface area contributed by atoms with Crippen LogP contribution in [0.25, 0.3) is 0 Å². The smallest absolute Gasteiger partial charge is 0.254 e. The second kappa shape index (κ2) is 9.59. The number of nitrogens with zero attached hydrogens (tertiary/aromatic N) is 1. The summed E-state index contributed by atoms with van der Waals surface area (Å²) in [6, 6.07) is 13.2. The molecule has 2 N–H and O–H groups in total. The average Bonchev–Trinajstić information content (AvgIpc) is 3.17. The number of thioether (sulfide) groups is 1. The first kappa shape index (κ1) is 21.6. The molecule has 0 fully saturated rings. The fraction of sp³-hybridized carbons (Fsp3) is 0.304. The molecule has 30 heavy (non-hydrogen) atoms. The molecule has 7 heteroatoms. The standard InChI is InChI=1S/C23H25N3O3S/c1-5-12-30-23-16(13-24)21(19-11-10-14(2)29-19)20(15(3)25-23)22(27)26-17-8-6-7-9-18(17)28-4/h6-11,21,25H,5,12H2,1-4H3,(H,26,27)/t21-/m1/s1. The highest BCUT2D eigenvalue weighted by atomic mass is 32.2. The summed E-state index contributed by atoms with van der Waals surface area (Å²) in [5.41, 5.74) is 2.19. The number of dihydropyridines is 1. The minimum atomic E-state index is -0.584. The van der Waals surface area contributed by atoms with Gasteiger partial charge in [0, 0.05) is 5.70 Å². The predicted molar refractivity (Wildman–Crippen MR) is 119 cm³/mol. The summed E-state index contributed by atoms with van der Waals surface area (Å²) in [4.78, 5) is 13.4. The van der Waals surface area contributed by atoms with Crippen LogP contribution < -0.4 is 15.4 Å². The molecular formula is C23H25N3O3S. The van der Waals surface area contributed by atoms with Crippen molar-refractivity contribution in [2.24, 2.45) is 0 Å². The molecule has 3 rings (SSSR count). The molecule has 1 amide bonds. The van der Waals surface area contributed by atoms with Crippen molar-refractivity contribution in [3.63, 3.8) is 0 Å². The van der Waals surface area contributed by atoms with Crippen LogP contribution in [0.2, 0.25) is 0 Å². The number of carbonyl (C=O) groups excluding carboxylic acids is 1. The molecule has 0 unspecified atom stereocenters. The van der Waals surface area contributed by atoms with E-state index in [-0.39, 0.29) is 5.91 Å². The van der Waals surface area contributed by atoms with E-state index < -0.39 is 5.92 Å². The molecule has 1 aromatic carbocycles. The van der Waals surface area contributed by atoms with Gasteiger partial charge in [0.25, 0.3) is 5.91 Å². The minimum Gasteiger partial charge on any atom is -0.495 e. The number of hydrogen-bond donors (Lipinski definition) is 2. The normalized spacial score (nSPS) is 16.2. The van der Waals surface area contributed by atoms with E-state index in [1.807, 2.05) is 38.1 Å². The SMILES string of the molecule is CCCSC1=C(C#N)[C@H](c2ccc(C)o2)C(C(=O)Nc2ccccc2OC)=C(C)N1. The van der Waals surface area contributed by atoms with E-state index >= 15 is 0 Å². The quantitative estimate of drug-likeness (QED) is 0.646. The summed E-state index contributed by atoms with van der Waals surface area (Å²) in [5, 5.41) is 16.9. The third kappa shape index (κ3) is 4.39. The number of furan rings is 1. The number of benzene rings is 1.